The average molecular weight is 169 g/mol. The third-order valence-electron chi connectivity index (χ3n) is 2.70. The van der Waals surface area contributed by atoms with Crippen molar-refractivity contribution in [2.75, 3.05) is 0 Å². The molecular formula is C9H15NO2. The summed E-state index contributed by atoms with van der Waals surface area (Å²) in [4.78, 5) is 22.2. The zero-order valence-electron chi connectivity index (χ0n) is 7.81. The van der Waals surface area contributed by atoms with Gasteiger partial charge in [-0.2, -0.15) is 0 Å². The van der Waals surface area contributed by atoms with Crippen LogP contribution in [0.3, 0.4) is 0 Å². The van der Waals surface area contributed by atoms with Gasteiger partial charge in [-0.05, 0) is 20.3 Å². The molecule has 0 radical (unpaired) electrons. The molecule has 0 aromatic rings. The van der Waals surface area contributed by atoms with E-state index in [4.69, 9.17) is 0 Å². The van der Waals surface area contributed by atoms with Gasteiger partial charge in [0.1, 0.15) is 5.54 Å². The lowest BCUT2D eigenvalue weighted by Gasteiger charge is -2.45. The van der Waals surface area contributed by atoms with Crippen LogP contribution < -0.4 is 5.32 Å². The van der Waals surface area contributed by atoms with Crippen LogP contribution in [-0.2, 0) is 9.59 Å². The van der Waals surface area contributed by atoms with E-state index in [2.05, 4.69) is 5.32 Å². The molecule has 3 nitrogen and oxygen atoms in total. The second-order valence-electron chi connectivity index (χ2n) is 3.59. The maximum absolute atomic E-state index is 11.2. The minimum absolute atomic E-state index is 0.0227. The number of rotatable bonds is 3. The van der Waals surface area contributed by atoms with Gasteiger partial charge < -0.3 is 5.32 Å². The summed E-state index contributed by atoms with van der Waals surface area (Å²) < 4.78 is 0. The Hall–Kier alpha value is -0.860. The van der Waals surface area contributed by atoms with Gasteiger partial charge in [0.25, 0.3) is 0 Å². The molecule has 2 atom stereocenters. The second kappa shape index (κ2) is 2.88. The van der Waals surface area contributed by atoms with Crippen LogP contribution in [0.2, 0.25) is 0 Å². The zero-order chi connectivity index (χ0) is 9.35. The molecule has 1 aliphatic rings. The first-order valence-corrected chi connectivity index (χ1v) is 4.35. The topological polar surface area (TPSA) is 46.2 Å². The predicted octanol–water partition coefficient (Wildman–Crippen LogP) is 0.880. The molecule has 68 valence electrons. The summed E-state index contributed by atoms with van der Waals surface area (Å²) in [5, 5.41) is 2.66. The van der Waals surface area contributed by atoms with Crippen molar-refractivity contribution in [2.45, 2.75) is 39.2 Å². The molecule has 12 heavy (non-hydrogen) atoms. The summed E-state index contributed by atoms with van der Waals surface area (Å²) in [5.41, 5.74) is -0.576. The largest absolute Gasteiger partial charge is 0.343 e. The highest BCUT2D eigenvalue weighted by molar-refractivity contribution is 6.02. The Morgan fingerprint density at radius 2 is 2.25 bits per heavy atom. The lowest BCUT2D eigenvalue weighted by molar-refractivity contribution is -0.149. The predicted molar refractivity (Wildman–Crippen MR) is 45.6 cm³/mol. The zero-order valence-corrected chi connectivity index (χ0v) is 7.81. The quantitative estimate of drug-likeness (QED) is 0.637. The minimum Gasteiger partial charge on any atom is -0.343 e. The van der Waals surface area contributed by atoms with Gasteiger partial charge in [0.2, 0.25) is 5.91 Å². The molecule has 0 aliphatic carbocycles. The highest BCUT2D eigenvalue weighted by atomic mass is 16.2. The van der Waals surface area contributed by atoms with E-state index in [0.29, 0.717) is 0 Å². The maximum atomic E-state index is 11.2. The van der Waals surface area contributed by atoms with Crippen molar-refractivity contribution < 1.29 is 9.59 Å². The number of Topliss-reactive ketones (excluding diaryl/α,β-unsaturated/α-hetero) is 1. The molecule has 1 amide bonds. The molecule has 3 heteroatoms. The fourth-order valence-electron chi connectivity index (χ4n) is 1.66. The van der Waals surface area contributed by atoms with Gasteiger partial charge in [-0.15, -0.1) is 0 Å². The Kier molecular flexibility index (Phi) is 2.22. The Labute approximate surface area is 72.5 Å². The number of nitrogens with one attached hydrogen (secondary N) is 1. The Balaban J connectivity index is 2.70. The molecule has 1 aliphatic heterocycles. The van der Waals surface area contributed by atoms with Crippen LogP contribution in [0.25, 0.3) is 0 Å². The van der Waals surface area contributed by atoms with E-state index in [-0.39, 0.29) is 17.6 Å². The molecule has 2 unspecified atom stereocenters. The lowest BCUT2D eigenvalue weighted by atomic mass is 9.72. The highest BCUT2D eigenvalue weighted by Gasteiger charge is 2.52. The van der Waals surface area contributed by atoms with Crippen molar-refractivity contribution >= 4 is 11.7 Å². The molecule has 0 saturated carbocycles. The maximum Gasteiger partial charge on any atom is 0.226 e. The Morgan fingerprint density at radius 1 is 1.67 bits per heavy atom. The number of carbonyl (C=O) groups is 2. The van der Waals surface area contributed by atoms with Crippen molar-refractivity contribution in [3.8, 4) is 0 Å². The van der Waals surface area contributed by atoms with Gasteiger partial charge in [-0.3, -0.25) is 9.59 Å². The van der Waals surface area contributed by atoms with Gasteiger partial charge in [0.15, 0.2) is 5.78 Å². The normalized spacial score (nSPS) is 33.9. The second-order valence-corrected chi connectivity index (χ2v) is 3.59. The molecular weight excluding hydrogens is 154 g/mol. The van der Waals surface area contributed by atoms with Crippen LogP contribution in [0.4, 0.5) is 0 Å². The monoisotopic (exact) mass is 169 g/mol. The summed E-state index contributed by atoms with van der Waals surface area (Å²) >= 11 is 0. The van der Waals surface area contributed by atoms with Gasteiger partial charge in [0, 0.05) is 0 Å². The summed E-state index contributed by atoms with van der Waals surface area (Å²) in [5.74, 6) is -0.0184. The van der Waals surface area contributed by atoms with Gasteiger partial charge in [0.05, 0.1) is 5.92 Å². The van der Waals surface area contributed by atoms with Gasteiger partial charge >= 0.3 is 0 Å². The number of β-lactam (4-membered cyclic amide) rings is 1. The molecule has 1 fully saturated rings. The van der Waals surface area contributed by atoms with Crippen molar-refractivity contribution in [1.29, 1.82) is 0 Å². The van der Waals surface area contributed by atoms with Crippen LogP contribution in [0.15, 0.2) is 0 Å². The molecule has 1 saturated heterocycles. The van der Waals surface area contributed by atoms with E-state index in [1.807, 2.05) is 6.92 Å². The molecule has 1 heterocycles. The number of hydrogen-bond donors (Lipinski definition) is 1. The summed E-state index contributed by atoms with van der Waals surface area (Å²) in [6, 6.07) is 0. The SMILES string of the molecule is CCCC1C(=O)NC1(C)C(C)=O. The van der Waals surface area contributed by atoms with Crippen LogP contribution >= 0.6 is 0 Å². The van der Waals surface area contributed by atoms with Crippen LogP contribution in [0.1, 0.15) is 33.6 Å². The number of amides is 1. The van der Waals surface area contributed by atoms with Gasteiger partial charge in [-0.1, -0.05) is 13.3 Å². The first kappa shape index (κ1) is 9.23. The fraction of sp³-hybridized carbons (Fsp3) is 0.778. The van der Waals surface area contributed by atoms with Crippen LogP contribution in [0.5, 0.6) is 0 Å². The number of hydrogen-bond acceptors (Lipinski definition) is 2. The molecule has 0 bridgehead atoms. The van der Waals surface area contributed by atoms with Crippen LogP contribution in [-0.4, -0.2) is 17.2 Å². The van der Waals surface area contributed by atoms with Crippen LogP contribution in [0, 0.1) is 5.92 Å². The van der Waals surface area contributed by atoms with Crippen molar-refractivity contribution in [2.24, 2.45) is 5.92 Å². The molecule has 0 aromatic carbocycles. The molecule has 1 N–H and O–H groups in total. The highest BCUT2D eigenvalue weighted by Crippen LogP contribution is 2.31. The van der Waals surface area contributed by atoms with Crippen molar-refractivity contribution in [3.63, 3.8) is 0 Å². The summed E-state index contributed by atoms with van der Waals surface area (Å²) in [6.45, 7) is 5.35. The average Bonchev–Trinajstić information content (AvgIpc) is 2.00. The van der Waals surface area contributed by atoms with Gasteiger partial charge in [-0.25, -0.2) is 0 Å². The van der Waals surface area contributed by atoms with E-state index >= 15 is 0 Å². The third-order valence-corrected chi connectivity index (χ3v) is 2.70. The molecule has 1 rings (SSSR count). The van der Waals surface area contributed by atoms with E-state index < -0.39 is 5.54 Å². The van der Waals surface area contributed by atoms with E-state index in [1.54, 1.807) is 6.92 Å². The molecule has 0 aromatic heterocycles. The van der Waals surface area contributed by atoms with E-state index in [0.717, 1.165) is 12.8 Å². The first-order chi connectivity index (χ1) is 5.52. The van der Waals surface area contributed by atoms with E-state index in [9.17, 15) is 9.59 Å². The standard InChI is InChI=1S/C9H15NO2/c1-4-5-7-8(12)10-9(7,3)6(2)11/h7H,4-5H2,1-3H3,(H,10,12). The first-order valence-electron chi connectivity index (χ1n) is 4.35. The van der Waals surface area contributed by atoms with Crippen molar-refractivity contribution in [1.82, 2.24) is 5.32 Å². The van der Waals surface area contributed by atoms with E-state index in [1.165, 1.54) is 6.92 Å². The molecule has 0 spiro atoms. The minimum atomic E-state index is -0.576. The van der Waals surface area contributed by atoms with Crippen molar-refractivity contribution in [3.05, 3.63) is 0 Å². The summed E-state index contributed by atoms with van der Waals surface area (Å²) in [7, 11) is 0. The summed E-state index contributed by atoms with van der Waals surface area (Å²) in [6.07, 6.45) is 1.75. The lowest BCUT2D eigenvalue weighted by Crippen LogP contribution is -2.70. The number of ketones is 1. The Morgan fingerprint density at radius 3 is 2.58 bits per heavy atom. The Bertz CT molecular complexity index is 225. The smallest absolute Gasteiger partial charge is 0.226 e. The fourth-order valence-corrected chi connectivity index (χ4v) is 1.66. The number of carbonyl (C=O) groups excluding carboxylic acids is 2. The third kappa shape index (κ3) is 1.13.